The zero-order valence-corrected chi connectivity index (χ0v) is 15.8. The van der Waals surface area contributed by atoms with Gasteiger partial charge in [-0.25, -0.2) is 4.79 Å². The van der Waals surface area contributed by atoms with Crippen LogP contribution in [0.25, 0.3) is 22.1 Å². The Kier molecular flexibility index (Phi) is 4.78. The minimum absolute atomic E-state index is 0.0141. The molecule has 27 heavy (non-hydrogen) atoms. The van der Waals surface area contributed by atoms with Crippen LogP contribution in [-0.4, -0.2) is 29.1 Å². The van der Waals surface area contributed by atoms with Crippen LogP contribution < -0.4 is 11.2 Å². The minimum atomic E-state index is -0.600. The number of benzene rings is 1. The summed E-state index contributed by atoms with van der Waals surface area (Å²) in [6.07, 6.45) is 2.22. The molecule has 0 bridgehead atoms. The van der Waals surface area contributed by atoms with Gasteiger partial charge in [0, 0.05) is 0 Å². The van der Waals surface area contributed by atoms with Crippen molar-refractivity contribution in [2.45, 2.75) is 25.7 Å². The molecule has 1 aromatic carbocycles. The van der Waals surface area contributed by atoms with E-state index in [0.29, 0.717) is 16.9 Å². The molecule has 0 unspecified atom stereocenters. The predicted octanol–water partition coefficient (Wildman–Crippen LogP) is 3.71. The number of ether oxygens (including phenoxy) is 1. The lowest BCUT2D eigenvalue weighted by atomic mass is 9.92. The second-order valence-electron chi connectivity index (χ2n) is 6.57. The first kappa shape index (κ1) is 17.9. The summed E-state index contributed by atoms with van der Waals surface area (Å²) in [5, 5.41) is 0.732. The van der Waals surface area contributed by atoms with E-state index in [1.54, 1.807) is 6.92 Å². The van der Waals surface area contributed by atoms with Gasteiger partial charge in [0.1, 0.15) is 17.0 Å². The largest absolute Gasteiger partial charge is 0.462 e. The van der Waals surface area contributed by atoms with Crippen molar-refractivity contribution in [2.24, 2.45) is 0 Å². The van der Waals surface area contributed by atoms with Gasteiger partial charge >= 0.3 is 5.97 Å². The van der Waals surface area contributed by atoms with Crippen molar-refractivity contribution >= 4 is 45.6 Å². The molecule has 0 spiro atoms. The van der Waals surface area contributed by atoms with Gasteiger partial charge in [0.15, 0.2) is 0 Å². The van der Waals surface area contributed by atoms with Crippen LogP contribution in [0, 0.1) is 0 Å². The number of hydrogen-bond acceptors (Lipinski definition) is 7. The van der Waals surface area contributed by atoms with Gasteiger partial charge in [-0.3, -0.25) is 4.79 Å². The highest BCUT2D eigenvalue weighted by Gasteiger charge is 2.20. The fourth-order valence-corrected chi connectivity index (χ4v) is 4.58. The van der Waals surface area contributed by atoms with Crippen molar-refractivity contribution in [3.63, 3.8) is 0 Å². The molecular formula is C20H20N2O4S. The van der Waals surface area contributed by atoms with Gasteiger partial charge in [-0.15, -0.1) is 0 Å². The molecule has 3 aromatic rings. The van der Waals surface area contributed by atoms with E-state index in [0.717, 1.165) is 29.9 Å². The van der Waals surface area contributed by atoms with Gasteiger partial charge in [-0.1, -0.05) is 6.07 Å². The van der Waals surface area contributed by atoms with Crippen LogP contribution in [0.5, 0.6) is 0 Å². The van der Waals surface area contributed by atoms with Crippen molar-refractivity contribution in [3.8, 4) is 0 Å². The number of esters is 1. The Balaban J connectivity index is 1.88. The Bertz CT molecular complexity index is 1090. The number of carbonyl (C=O) groups excluding carboxylic acids is 1. The number of anilines is 1. The number of nitrogens with two attached hydrogens (primary N) is 1. The van der Waals surface area contributed by atoms with Gasteiger partial charge < -0.3 is 14.9 Å². The minimum Gasteiger partial charge on any atom is -0.462 e. The monoisotopic (exact) mass is 384 g/mol. The molecule has 140 valence electrons. The summed E-state index contributed by atoms with van der Waals surface area (Å²) in [5.74, 6) is 2.13. The van der Waals surface area contributed by atoms with Crippen molar-refractivity contribution in [1.29, 1.82) is 0 Å². The molecule has 6 nitrogen and oxygen atoms in total. The molecule has 0 saturated carbocycles. The molecule has 1 aliphatic heterocycles. The molecule has 0 atom stereocenters. The van der Waals surface area contributed by atoms with E-state index in [-0.39, 0.29) is 34.5 Å². The molecule has 2 N–H and O–H groups in total. The van der Waals surface area contributed by atoms with Crippen LogP contribution in [0.1, 0.15) is 41.6 Å². The fourth-order valence-electron chi connectivity index (χ4n) is 3.47. The van der Waals surface area contributed by atoms with Gasteiger partial charge in [-0.2, -0.15) is 16.7 Å². The summed E-state index contributed by atoms with van der Waals surface area (Å²) in [6, 6.07) is 7.19. The zero-order valence-electron chi connectivity index (χ0n) is 15.0. The van der Waals surface area contributed by atoms with Crippen molar-refractivity contribution in [1.82, 2.24) is 4.98 Å². The number of nitrogen functional groups attached to an aromatic ring is 1. The molecular weight excluding hydrogens is 364 g/mol. The molecule has 0 radical (unpaired) electrons. The lowest BCUT2D eigenvalue weighted by Gasteiger charge is -2.21. The number of carbonyl (C=O) groups is 1. The molecule has 1 saturated heterocycles. The van der Waals surface area contributed by atoms with Crippen LogP contribution in [0.3, 0.4) is 0 Å². The van der Waals surface area contributed by atoms with Gasteiger partial charge in [0.05, 0.1) is 17.4 Å². The second kappa shape index (κ2) is 7.23. The smallest absolute Gasteiger partial charge is 0.341 e. The average molecular weight is 384 g/mol. The van der Waals surface area contributed by atoms with E-state index in [9.17, 15) is 9.59 Å². The van der Waals surface area contributed by atoms with E-state index >= 15 is 0 Å². The van der Waals surface area contributed by atoms with Crippen molar-refractivity contribution < 1.29 is 13.9 Å². The topological polar surface area (TPSA) is 95.4 Å². The Labute approximate surface area is 160 Å². The number of nitrogens with zero attached hydrogens (tertiary/aromatic N) is 1. The summed E-state index contributed by atoms with van der Waals surface area (Å²) in [7, 11) is 0. The number of fused-ring (bicyclic) bond motifs is 2. The third-order valence-electron chi connectivity index (χ3n) is 4.90. The zero-order chi connectivity index (χ0) is 19.0. The third-order valence-corrected chi connectivity index (χ3v) is 5.95. The Hall–Kier alpha value is -2.54. The summed E-state index contributed by atoms with van der Waals surface area (Å²) < 4.78 is 10.8. The van der Waals surface area contributed by atoms with E-state index in [1.807, 2.05) is 30.0 Å². The maximum atomic E-state index is 13.1. The Morgan fingerprint density at radius 3 is 2.81 bits per heavy atom. The molecule has 1 aliphatic rings. The third kappa shape index (κ3) is 3.27. The molecule has 7 heteroatoms. The first-order valence-corrected chi connectivity index (χ1v) is 10.2. The van der Waals surface area contributed by atoms with E-state index in [4.69, 9.17) is 14.9 Å². The molecule has 2 aromatic heterocycles. The first-order chi connectivity index (χ1) is 13.1. The molecule has 3 heterocycles. The Morgan fingerprint density at radius 1 is 1.30 bits per heavy atom. The van der Waals surface area contributed by atoms with Crippen LogP contribution in [0.15, 0.2) is 33.5 Å². The van der Waals surface area contributed by atoms with Gasteiger partial charge in [-0.05, 0) is 61.0 Å². The number of thioether (sulfide) groups is 1. The standard InChI is InChI=1S/C20H20N2O4S/c1-2-25-20(24)15-10-14-17(23)13-9-12(11-5-7-27-8-6-11)3-4-16(13)26-19(14)22-18(15)21/h3-4,9-11H,2,5-8H2,1H3,(H2,21,22). The highest BCUT2D eigenvalue weighted by molar-refractivity contribution is 7.99. The van der Waals surface area contributed by atoms with Crippen LogP contribution >= 0.6 is 11.8 Å². The lowest BCUT2D eigenvalue weighted by Crippen LogP contribution is -2.13. The van der Waals surface area contributed by atoms with E-state index in [2.05, 4.69) is 4.98 Å². The van der Waals surface area contributed by atoms with Crippen molar-refractivity contribution in [3.05, 3.63) is 45.6 Å². The van der Waals surface area contributed by atoms with Crippen LogP contribution in [0.4, 0.5) is 5.82 Å². The average Bonchev–Trinajstić information content (AvgIpc) is 2.68. The van der Waals surface area contributed by atoms with E-state index in [1.165, 1.54) is 6.07 Å². The van der Waals surface area contributed by atoms with Crippen LogP contribution in [0.2, 0.25) is 0 Å². The maximum absolute atomic E-state index is 13.1. The maximum Gasteiger partial charge on any atom is 0.341 e. The Morgan fingerprint density at radius 2 is 2.07 bits per heavy atom. The summed E-state index contributed by atoms with van der Waals surface area (Å²) in [5.41, 5.74) is 7.48. The summed E-state index contributed by atoms with van der Waals surface area (Å²) in [6.45, 7) is 1.92. The normalized spacial score (nSPS) is 15.3. The highest BCUT2D eigenvalue weighted by atomic mass is 32.2. The molecule has 0 amide bonds. The van der Waals surface area contributed by atoms with Crippen LogP contribution in [-0.2, 0) is 4.74 Å². The molecule has 0 aliphatic carbocycles. The SMILES string of the molecule is CCOC(=O)c1cc2c(=O)c3cc(C4CCSCC4)ccc3oc2nc1N. The molecule has 1 fully saturated rings. The fraction of sp³-hybridized carbons (Fsp3) is 0.350. The first-order valence-electron chi connectivity index (χ1n) is 9.00. The highest BCUT2D eigenvalue weighted by Crippen LogP contribution is 2.33. The van der Waals surface area contributed by atoms with Gasteiger partial charge in [0.2, 0.25) is 11.1 Å². The van der Waals surface area contributed by atoms with E-state index < -0.39 is 5.97 Å². The number of pyridine rings is 1. The molecule has 4 rings (SSSR count). The number of rotatable bonds is 3. The van der Waals surface area contributed by atoms with Crippen molar-refractivity contribution in [2.75, 3.05) is 23.8 Å². The lowest BCUT2D eigenvalue weighted by molar-refractivity contribution is 0.0527. The summed E-state index contributed by atoms with van der Waals surface area (Å²) in [4.78, 5) is 29.2. The second-order valence-corrected chi connectivity index (χ2v) is 7.79. The predicted molar refractivity (Wildman–Crippen MR) is 107 cm³/mol. The quantitative estimate of drug-likeness (QED) is 0.543. The van der Waals surface area contributed by atoms with Gasteiger partial charge in [0.25, 0.3) is 0 Å². The number of aromatic nitrogens is 1. The number of hydrogen-bond donors (Lipinski definition) is 1. The summed E-state index contributed by atoms with van der Waals surface area (Å²) >= 11 is 1.97.